The lowest BCUT2D eigenvalue weighted by Gasteiger charge is -2.12. The highest BCUT2D eigenvalue weighted by atomic mass is 32.1. The maximum atomic E-state index is 10.9. The first-order valence-electron chi connectivity index (χ1n) is 3.23. The maximum absolute atomic E-state index is 10.9. The third-order valence-corrected chi connectivity index (χ3v) is 1.74. The number of nitrogens with zero attached hydrogens (tertiary/aromatic N) is 1. The third-order valence-electron chi connectivity index (χ3n) is 1.54. The molecule has 0 aliphatic carbocycles. The molecule has 1 fully saturated rings. The molecule has 0 aromatic carbocycles. The molecule has 0 spiro atoms. The summed E-state index contributed by atoms with van der Waals surface area (Å²) in [6.45, 7) is 1.77. The molecule has 0 radical (unpaired) electrons. The lowest BCUT2D eigenvalue weighted by Crippen LogP contribution is -2.26. The van der Waals surface area contributed by atoms with Crippen LogP contribution in [0.2, 0.25) is 0 Å². The lowest BCUT2D eigenvalue weighted by atomic mass is 10.4. The van der Waals surface area contributed by atoms with E-state index in [1.54, 1.807) is 0 Å². The van der Waals surface area contributed by atoms with Gasteiger partial charge in [0.25, 0.3) is 0 Å². The smallest absolute Gasteiger partial charge is 0.222 e. The van der Waals surface area contributed by atoms with Gasteiger partial charge in [0, 0.05) is 25.3 Å². The van der Waals surface area contributed by atoms with Crippen molar-refractivity contribution in [3.8, 4) is 0 Å². The molecule has 1 aliphatic rings. The molecular formula is C6H11NOS. The van der Waals surface area contributed by atoms with Crippen molar-refractivity contribution in [2.45, 2.75) is 12.8 Å². The quantitative estimate of drug-likeness (QED) is 0.562. The van der Waals surface area contributed by atoms with Gasteiger partial charge in [-0.15, -0.1) is 0 Å². The van der Waals surface area contributed by atoms with Crippen LogP contribution in [0, 0.1) is 0 Å². The molecular weight excluding hydrogens is 134 g/mol. The molecule has 0 bridgehead atoms. The molecule has 2 nitrogen and oxygen atoms in total. The average Bonchev–Trinajstić information content (AvgIpc) is 2.18. The highest BCUT2D eigenvalue weighted by molar-refractivity contribution is 7.80. The Hall–Kier alpha value is -0.180. The Bertz CT molecular complexity index is 116. The first-order valence-corrected chi connectivity index (χ1v) is 3.86. The molecule has 0 N–H and O–H groups in total. The summed E-state index contributed by atoms with van der Waals surface area (Å²) >= 11 is 4.04. The van der Waals surface area contributed by atoms with Crippen molar-refractivity contribution in [1.82, 2.24) is 4.90 Å². The zero-order valence-electron chi connectivity index (χ0n) is 5.34. The molecule has 1 saturated heterocycles. The Morgan fingerprint density at radius 1 is 1.67 bits per heavy atom. The summed E-state index contributed by atoms with van der Waals surface area (Å²) < 4.78 is 0. The predicted molar refractivity (Wildman–Crippen MR) is 39.7 cm³/mol. The van der Waals surface area contributed by atoms with E-state index in [0.717, 1.165) is 31.7 Å². The summed E-state index contributed by atoms with van der Waals surface area (Å²) in [6.07, 6.45) is 1.78. The second kappa shape index (κ2) is 3.11. The van der Waals surface area contributed by atoms with E-state index in [4.69, 9.17) is 0 Å². The fraction of sp³-hybridized carbons (Fsp3) is 0.833. The Labute approximate surface area is 60.6 Å². The maximum Gasteiger partial charge on any atom is 0.222 e. The standard InChI is InChI=1S/C6H11NOS/c8-6-2-1-3-7(6)4-5-9/h9H,1-5H2. The molecule has 0 atom stereocenters. The van der Waals surface area contributed by atoms with Crippen LogP contribution >= 0.6 is 12.6 Å². The Morgan fingerprint density at radius 3 is 2.89 bits per heavy atom. The number of amides is 1. The van der Waals surface area contributed by atoms with Crippen molar-refractivity contribution in [2.24, 2.45) is 0 Å². The number of carbonyl (C=O) groups is 1. The number of likely N-dealkylation sites (tertiary alicyclic amines) is 1. The zero-order valence-corrected chi connectivity index (χ0v) is 6.23. The van der Waals surface area contributed by atoms with Gasteiger partial charge in [-0.25, -0.2) is 0 Å². The van der Waals surface area contributed by atoms with E-state index in [9.17, 15) is 4.79 Å². The van der Waals surface area contributed by atoms with Gasteiger partial charge in [0.15, 0.2) is 0 Å². The summed E-state index contributed by atoms with van der Waals surface area (Å²) in [5.74, 6) is 1.08. The van der Waals surface area contributed by atoms with Crippen LogP contribution in [0.15, 0.2) is 0 Å². The largest absolute Gasteiger partial charge is 0.342 e. The SMILES string of the molecule is O=C1CCCN1CCS. The molecule has 1 rings (SSSR count). The Kier molecular flexibility index (Phi) is 2.39. The summed E-state index contributed by atoms with van der Waals surface area (Å²) in [5, 5.41) is 0. The summed E-state index contributed by atoms with van der Waals surface area (Å²) in [7, 11) is 0. The minimum atomic E-state index is 0.295. The van der Waals surface area contributed by atoms with Crippen molar-refractivity contribution in [3.05, 3.63) is 0 Å². The highest BCUT2D eigenvalue weighted by Crippen LogP contribution is 2.08. The van der Waals surface area contributed by atoms with Gasteiger partial charge in [0.2, 0.25) is 5.91 Å². The van der Waals surface area contributed by atoms with E-state index in [1.807, 2.05) is 4.90 Å². The molecule has 1 heterocycles. The van der Waals surface area contributed by atoms with Crippen LogP contribution in [-0.4, -0.2) is 29.6 Å². The first-order chi connectivity index (χ1) is 4.34. The van der Waals surface area contributed by atoms with Crippen LogP contribution in [0.5, 0.6) is 0 Å². The molecule has 0 aromatic rings. The minimum absolute atomic E-state index is 0.295. The minimum Gasteiger partial charge on any atom is -0.342 e. The van der Waals surface area contributed by atoms with Crippen molar-refractivity contribution in [3.63, 3.8) is 0 Å². The van der Waals surface area contributed by atoms with E-state index in [0.29, 0.717) is 5.91 Å². The molecule has 0 unspecified atom stereocenters. The van der Waals surface area contributed by atoms with E-state index < -0.39 is 0 Å². The van der Waals surface area contributed by atoms with E-state index in [1.165, 1.54) is 0 Å². The molecule has 0 saturated carbocycles. The van der Waals surface area contributed by atoms with E-state index in [2.05, 4.69) is 12.6 Å². The molecule has 1 amide bonds. The zero-order chi connectivity index (χ0) is 6.69. The predicted octanol–water partition coefficient (Wildman–Crippen LogP) is 0.539. The van der Waals surface area contributed by atoms with Gasteiger partial charge in [-0.1, -0.05) is 0 Å². The second-order valence-corrected chi connectivity index (χ2v) is 2.66. The van der Waals surface area contributed by atoms with Crippen molar-refractivity contribution in [1.29, 1.82) is 0 Å². The van der Waals surface area contributed by atoms with Crippen LogP contribution in [0.3, 0.4) is 0 Å². The summed E-state index contributed by atoms with van der Waals surface area (Å²) in [5.41, 5.74) is 0. The van der Waals surface area contributed by atoms with Gasteiger partial charge in [-0.05, 0) is 6.42 Å². The number of thiol groups is 1. The van der Waals surface area contributed by atoms with Crippen LogP contribution in [0.4, 0.5) is 0 Å². The lowest BCUT2D eigenvalue weighted by molar-refractivity contribution is -0.127. The molecule has 0 aromatic heterocycles. The number of hydrogen-bond acceptors (Lipinski definition) is 2. The number of carbonyl (C=O) groups excluding carboxylic acids is 1. The average molecular weight is 145 g/mol. The number of rotatable bonds is 2. The molecule has 52 valence electrons. The summed E-state index contributed by atoms with van der Waals surface area (Å²) in [6, 6.07) is 0. The molecule has 1 aliphatic heterocycles. The Balaban J connectivity index is 2.31. The highest BCUT2D eigenvalue weighted by Gasteiger charge is 2.18. The van der Waals surface area contributed by atoms with Gasteiger partial charge >= 0.3 is 0 Å². The number of hydrogen-bond donors (Lipinski definition) is 1. The van der Waals surface area contributed by atoms with E-state index >= 15 is 0 Å². The van der Waals surface area contributed by atoms with Gasteiger partial charge < -0.3 is 4.90 Å². The van der Waals surface area contributed by atoms with Crippen molar-refractivity contribution in [2.75, 3.05) is 18.8 Å². The second-order valence-electron chi connectivity index (χ2n) is 2.21. The van der Waals surface area contributed by atoms with Gasteiger partial charge in [-0.2, -0.15) is 12.6 Å². The van der Waals surface area contributed by atoms with Crippen LogP contribution in [0.1, 0.15) is 12.8 Å². The summed E-state index contributed by atoms with van der Waals surface area (Å²) in [4.78, 5) is 12.7. The fourth-order valence-corrected chi connectivity index (χ4v) is 1.30. The van der Waals surface area contributed by atoms with Crippen LogP contribution in [-0.2, 0) is 4.79 Å². The normalized spacial score (nSPS) is 19.2. The van der Waals surface area contributed by atoms with Crippen LogP contribution < -0.4 is 0 Å². The van der Waals surface area contributed by atoms with Gasteiger partial charge in [0.05, 0.1) is 0 Å². The molecule has 3 heteroatoms. The fourth-order valence-electron chi connectivity index (χ4n) is 1.06. The molecule has 9 heavy (non-hydrogen) atoms. The van der Waals surface area contributed by atoms with Gasteiger partial charge in [-0.3, -0.25) is 4.79 Å². The van der Waals surface area contributed by atoms with Crippen molar-refractivity contribution >= 4 is 18.5 Å². The third kappa shape index (κ3) is 1.61. The van der Waals surface area contributed by atoms with Gasteiger partial charge in [0.1, 0.15) is 0 Å². The van der Waals surface area contributed by atoms with E-state index in [-0.39, 0.29) is 0 Å². The monoisotopic (exact) mass is 145 g/mol. The Morgan fingerprint density at radius 2 is 2.44 bits per heavy atom. The van der Waals surface area contributed by atoms with Crippen molar-refractivity contribution < 1.29 is 4.79 Å². The van der Waals surface area contributed by atoms with Crippen LogP contribution in [0.25, 0.3) is 0 Å². The first kappa shape index (κ1) is 6.93. The topological polar surface area (TPSA) is 20.3 Å².